The topological polar surface area (TPSA) is 42.2 Å². The third kappa shape index (κ3) is 1.39. The van der Waals surface area contributed by atoms with Gasteiger partial charge in [-0.15, -0.1) is 0 Å². The highest BCUT2D eigenvalue weighted by Crippen LogP contribution is 2.50. The van der Waals surface area contributed by atoms with Crippen LogP contribution in [0.4, 0.5) is 0 Å². The molecule has 3 heteroatoms. The molecule has 0 bridgehead atoms. The summed E-state index contributed by atoms with van der Waals surface area (Å²) in [5.74, 6) is 0. The van der Waals surface area contributed by atoms with Gasteiger partial charge in [-0.1, -0.05) is 0 Å². The van der Waals surface area contributed by atoms with Crippen molar-refractivity contribution in [1.29, 1.82) is 0 Å². The molecule has 2 heterocycles. The third-order valence-corrected chi connectivity index (χ3v) is 4.47. The molecular weight excluding hydrogens is 198 g/mol. The molecule has 86 valence electrons. The van der Waals surface area contributed by atoms with Crippen molar-refractivity contribution >= 4 is 0 Å². The Hall–Kier alpha value is -0.930. The molecule has 1 saturated heterocycles. The molecule has 1 aliphatic carbocycles. The Morgan fingerprint density at radius 2 is 2.19 bits per heavy atom. The van der Waals surface area contributed by atoms with Gasteiger partial charge in [-0.25, -0.2) is 0 Å². The summed E-state index contributed by atoms with van der Waals surface area (Å²) in [6.45, 7) is 2.35. The van der Waals surface area contributed by atoms with Crippen LogP contribution in [0.2, 0.25) is 0 Å². The Labute approximate surface area is 96.7 Å². The molecule has 0 aromatic carbocycles. The molecule has 16 heavy (non-hydrogen) atoms. The van der Waals surface area contributed by atoms with Crippen molar-refractivity contribution in [3.05, 3.63) is 29.6 Å². The van der Waals surface area contributed by atoms with E-state index in [0.717, 1.165) is 6.42 Å². The van der Waals surface area contributed by atoms with Gasteiger partial charge in [0.05, 0.1) is 0 Å². The second-order valence-corrected chi connectivity index (χ2v) is 5.39. The molecule has 3 nitrogen and oxygen atoms in total. The van der Waals surface area contributed by atoms with Crippen molar-refractivity contribution in [1.82, 2.24) is 9.88 Å². The van der Waals surface area contributed by atoms with Crippen LogP contribution in [0, 0.1) is 5.41 Å². The Balaban J connectivity index is 1.91. The van der Waals surface area contributed by atoms with Gasteiger partial charge < -0.3 is 10.6 Å². The predicted octanol–water partition coefficient (Wildman–Crippen LogP) is 1.35. The lowest BCUT2D eigenvalue weighted by Crippen LogP contribution is -2.42. The van der Waals surface area contributed by atoms with Crippen molar-refractivity contribution in [2.75, 3.05) is 20.1 Å². The van der Waals surface area contributed by atoms with Crippen molar-refractivity contribution in [2.24, 2.45) is 11.1 Å². The number of fused-ring (bicyclic) bond motifs is 1. The van der Waals surface area contributed by atoms with Crippen LogP contribution in [0.3, 0.4) is 0 Å². The summed E-state index contributed by atoms with van der Waals surface area (Å²) in [6, 6.07) is 2.34. The van der Waals surface area contributed by atoms with Gasteiger partial charge in [-0.05, 0) is 62.0 Å². The predicted molar refractivity (Wildman–Crippen MR) is 64.0 cm³/mol. The highest BCUT2D eigenvalue weighted by molar-refractivity contribution is 5.35. The largest absolute Gasteiger partial charge is 0.323 e. The summed E-state index contributed by atoms with van der Waals surface area (Å²) < 4.78 is 0. The number of rotatable bonds is 0. The van der Waals surface area contributed by atoms with E-state index in [2.05, 4.69) is 23.0 Å². The molecule has 1 aliphatic heterocycles. The van der Waals surface area contributed by atoms with E-state index in [9.17, 15) is 0 Å². The SMILES string of the molecule is CN1CCC2(CC1)Cc1ccncc1C2N. The average molecular weight is 217 g/mol. The van der Waals surface area contributed by atoms with E-state index in [1.165, 1.54) is 37.1 Å². The lowest BCUT2D eigenvalue weighted by atomic mass is 9.73. The first-order chi connectivity index (χ1) is 7.71. The number of piperidine rings is 1. The van der Waals surface area contributed by atoms with E-state index in [1.54, 1.807) is 0 Å². The molecular formula is C13H19N3. The van der Waals surface area contributed by atoms with E-state index < -0.39 is 0 Å². The summed E-state index contributed by atoms with van der Waals surface area (Å²) >= 11 is 0. The molecule has 1 aromatic heterocycles. The lowest BCUT2D eigenvalue weighted by Gasteiger charge is -2.40. The summed E-state index contributed by atoms with van der Waals surface area (Å²) in [5, 5.41) is 0. The van der Waals surface area contributed by atoms with Gasteiger partial charge in [-0.2, -0.15) is 0 Å². The van der Waals surface area contributed by atoms with Crippen molar-refractivity contribution in [3.63, 3.8) is 0 Å². The number of aromatic nitrogens is 1. The highest BCUT2D eigenvalue weighted by atomic mass is 15.1. The second-order valence-electron chi connectivity index (χ2n) is 5.39. The number of likely N-dealkylation sites (tertiary alicyclic amines) is 1. The molecule has 1 atom stereocenters. The van der Waals surface area contributed by atoms with Gasteiger partial charge in [0.1, 0.15) is 0 Å². The molecule has 0 radical (unpaired) electrons. The minimum Gasteiger partial charge on any atom is -0.323 e. The van der Waals surface area contributed by atoms with E-state index in [0.29, 0.717) is 5.41 Å². The Morgan fingerprint density at radius 3 is 2.88 bits per heavy atom. The maximum absolute atomic E-state index is 6.44. The minimum absolute atomic E-state index is 0.199. The number of nitrogens with two attached hydrogens (primary N) is 1. The van der Waals surface area contributed by atoms with E-state index in [-0.39, 0.29) is 6.04 Å². The van der Waals surface area contributed by atoms with Crippen LogP contribution >= 0.6 is 0 Å². The summed E-state index contributed by atoms with van der Waals surface area (Å²) in [7, 11) is 2.20. The Morgan fingerprint density at radius 1 is 1.44 bits per heavy atom. The van der Waals surface area contributed by atoms with Gasteiger partial charge in [0, 0.05) is 18.4 Å². The van der Waals surface area contributed by atoms with Crippen LogP contribution in [0.5, 0.6) is 0 Å². The third-order valence-electron chi connectivity index (χ3n) is 4.47. The van der Waals surface area contributed by atoms with Gasteiger partial charge in [-0.3, -0.25) is 4.98 Å². The second kappa shape index (κ2) is 3.54. The first-order valence-electron chi connectivity index (χ1n) is 6.08. The fourth-order valence-electron chi connectivity index (χ4n) is 3.25. The zero-order valence-electron chi connectivity index (χ0n) is 9.82. The Bertz CT molecular complexity index is 394. The van der Waals surface area contributed by atoms with Crippen molar-refractivity contribution in [2.45, 2.75) is 25.3 Å². The van der Waals surface area contributed by atoms with Crippen molar-refractivity contribution < 1.29 is 0 Å². The van der Waals surface area contributed by atoms with Gasteiger partial charge >= 0.3 is 0 Å². The maximum Gasteiger partial charge on any atom is 0.0374 e. The van der Waals surface area contributed by atoms with Crippen LogP contribution in [0.25, 0.3) is 0 Å². The summed E-state index contributed by atoms with van der Waals surface area (Å²) in [6.07, 6.45) is 7.45. The zero-order valence-corrected chi connectivity index (χ0v) is 9.82. The molecule has 3 rings (SSSR count). The van der Waals surface area contributed by atoms with Crippen LogP contribution in [0.1, 0.15) is 30.0 Å². The average Bonchev–Trinajstić information content (AvgIpc) is 2.58. The van der Waals surface area contributed by atoms with Crippen LogP contribution in [0.15, 0.2) is 18.5 Å². The van der Waals surface area contributed by atoms with E-state index >= 15 is 0 Å². The molecule has 2 aliphatic rings. The lowest BCUT2D eigenvalue weighted by molar-refractivity contribution is 0.106. The molecule has 1 aromatic rings. The summed E-state index contributed by atoms with van der Waals surface area (Å²) in [4.78, 5) is 6.61. The standard InChI is InChI=1S/C13H19N3/c1-16-6-3-13(4-7-16)8-10-2-5-15-9-11(10)12(13)14/h2,5,9,12H,3-4,6-8,14H2,1H3. The van der Waals surface area contributed by atoms with Gasteiger partial charge in [0.2, 0.25) is 0 Å². The monoisotopic (exact) mass is 217 g/mol. The minimum atomic E-state index is 0.199. The Kier molecular flexibility index (Phi) is 2.26. The van der Waals surface area contributed by atoms with Crippen LogP contribution in [-0.2, 0) is 6.42 Å². The molecule has 2 N–H and O–H groups in total. The number of nitrogens with zero attached hydrogens (tertiary/aromatic N) is 2. The molecule has 0 saturated carbocycles. The number of pyridine rings is 1. The molecule has 0 amide bonds. The quantitative estimate of drug-likeness (QED) is 0.713. The first kappa shape index (κ1) is 10.2. The molecule has 1 fully saturated rings. The first-order valence-corrected chi connectivity index (χ1v) is 6.08. The smallest absolute Gasteiger partial charge is 0.0374 e. The summed E-state index contributed by atoms with van der Waals surface area (Å²) in [5.41, 5.74) is 9.47. The zero-order chi connectivity index (χ0) is 11.2. The van der Waals surface area contributed by atoms with E-state index in [1.807, 2.05) is 12.4 Å². The fraction of sp³-hybridized carbons (Fsp3) is 0.615. The number of hydrogen-bond donors (Lipinski definition) is 1. The molecule has 1 unspecified atom stereocenters. The van der Waals surface area contributed by atoms with Gasteiger partial charge in [0.25, 0.3) is 0 Å². The molecule has 1 spiro atoms. The normalized spacial score (nSPS) is 28.2. The van der Waals surface area contributed by atoms with E-state index in [4.69, 9.17) is 5.73 Å². The van der Waals surface area contributed by atoms with Crippen molar-refractivity contribution in [3.8, 4) is 0 Å². The highest BCUT2D eigenvalue weighted by Gasteiger charge is 2.45. The van der Waals surface area contributed by atoms with Gasteiger partial charge in [0.15, 0.2) is 0 Å². The number of hydrogen-bond acceptors (Lipinski definition) is 3. The van der Waals surface area contributed by atoms with Crippen LogP contribution in [-0.4, -0.2) is 30.0 Å². The fourth-order valence-corrected chi connectivity index (χ4v) is 3.25. The van der Waals surface area contributed by atoms with Crippen LogP contribution < -0.4 is 5.73 Å². The maximum atomic E-state index is 6.44.